The minimum absolute atomic E-state index is 0.0253. The molecule has 1 aromatic carbocycles. The Kier molecular flexibility index (Phi) is 5.49. The molecule has 4 heteroatoms. The van der Waals surface area contributed by atoms with Crippen LogP contribution >= 0.6 is 0 Å². The zero-order valence-electron chi connectivity index (χ0n) is 10.4. The number of rotatable bonds is 6. The zero-order valence-corrected chi connectivity index (χ0v) is 10.4. The lowest BCUT2D eigenvalue weighted by atomic mass is 10.2. The fourth-order valence-corrected chi connectivity index (χ4v) is 1.31. The molecule has 0 unspecified atom stereocenters. The molecular formula is C13H20N2O2. The first-order chi connectivity index (χ1) is 8.17. The number of hydrogen-bond donors (Lipinski definition) is 2. The molecule has 0 aliphatic carbocycles. The lowest BCUT2D eigenvalue weighted by Gasteiger charge is -2.12. The van der Waals surface area contributed by atoms with E-state index in [0.717, 1.165) is 12.2 Å². The molecule has 4 nitrogen and oxygen atoms in total. The van der Waals surface area contributed by atoms with Crippen molar-refractivity contribution >= 4 is 5.91 Å². The van der Waals surface area contributed by atoms with Crippen molar-refractivity contribution in [2.45, 2.75) is 26.3 Å². The summed E-state index contributed by atoms with van der Waals surface area (Å²) in [4.78, 5) is 11.8. The van der Waals surface area contributed by atoms with E-state index in [1.807, 2.05) is 26.0 Å². The van der Waals surface area contributed by atoms with Crippen molar-refractivity contribution in [2.24, 2.45) is 5.73 Å². The topological polar surface area (TPSA) is 64.3 Å². The van der Waals surface area contributed by atoms with Crippen LogP contribution in [0.5, 0.6) is 5.75 Å². The third-order valence-corrected chi connectivity index (χ3v) is 2.30. The number of carbonyl (C=O) groups excluding carboxylic acids is 1. The number of carbonyl (C=O) groups is 1. The summed E-state index contributed by atoms with van der Waals surface area (Å²) in [5, 5.41) is 2.81. The van der Waals surface area contributed by atoms with Gasteiger partial charge < -0.3 is 15.8 Å². The van der Waals surface area contributed by atoms with Crippen molar-refractivity contribution in [1.82, 2.24) is 5.32 Å². The summed E-state index contributed by atoms with van der Waals surface area (Å²) >= 11 is 0. The molecule has 1 atom stereocenters. The Morgan fingerprint density at radius 1 is 1.53 bits per heavy atom. The Morgan fingerprint density at radius 3 is 2.94 bits per heavy atom. The fraction of sp³-hybridized carbons (Fsp3) is 0.462. The number of nitrogens with two attached hydrogens (primary N) is 1. The van der Waals surface area contributed by atoms with Crippen LogP contribution in [0.1, 0.15) is 30.6 Å². The lowest BCUT2D eigenvalue weighted by molar-refractivity contribution is 0.0941. The summed E-state index contributed by atoms with van der Waals surface area (Å²) < 4.78 is 5.47. The molecule has 0 heterocycles. The third kappa shape index (κ3) is 4.44. The Labute approximate surface area is 102 Å². The van der Waals surface area contributed by atoms with Gasteiger partial charge in [-0.3, -0.25) is 4.79 Å². The zero-order chi connectivity index (χ0) is 12.7. The fourth-order valence-electron chi connectivity index (χ4n) is 1.31. The molecule has 0 aliphatic rings. The maximum absolute atomic E-state index is 11.8. The normalized spacial score (nSPS) is 11.9. The van der Waals surface area contributed by atoms with Gasteiger partial charge in [0.25, 0.3) is 5.91 Å². The molecular weight excluding hydrogens is 216 g/mol. The molecule has 0 spiro atoms. The highest BCUT2D eigenvalue weighted by Gasteiger charge is 2.09. The van der Waals surface area contributed by atoms with Gasteiger partial charge >= 0.3 is 0 Å². The van der Waals surface area contributed by atoms with Gasteiger partial charge in [0.05, 0.1) is 6.61 Å². The summed E-state index contributed by atoms with van der Waals surface area (Å²) in [6.07, 6.45) is 0.945. The van der Waals surface area contributed by atoms with Crippen molar-refractivity contribution in [3.63, 3.8) is 0 Å². The molecule has 1 rings (SSSR count). The molecule has 1 amide bonds. The van der Waals surface area contributed by atoms with Gasteiger partial charge in [-0.2, -0.15) is 0 Å². The molecule has 0 saturated carbocycles. The van der Waals surface area contributed by atoms with E-state index in [0.29, 0.717) is 18.7 Å². The SMILES string of the molecule is CCCOc1cccc(C(=O)N[C@@H](C)CN)c1. The number of amides is 1. The van der Waals surface area contributed by atoms with Crippen LogP contribution in [0.4, 0.5) is 0 Å². The van der Waals surface area contributed by atoms with Crippen LogP contribution in [0.2, 0.25) is 0 Å². The van der Waals surface area contributed by atoms with Gasteiger partial charge in [0.2, 0.25) is 0 Å². The first-order valence-electron chi connectivity index (χ1n) is 5.91. The number of benzene rings is 1. The maximum atomic E-state index is 11.8. The molecule has 0 aliphatic heterocycles. The number of nitrogens with one attached hydrogen (secondary N) is 1. The monoisotopic (exact) mass is 236 g/mol. The molecule has 17 heavy (non-hydrogen) atoms. The predicted octanol–water partition coefficient (Wildman–Crippen LogP) is 1.55. The molecule has 0 fully saturated rings. The Balaban J connectivity index is 2.66. The van der Waals surface area contributed by atoms with Crippen molar-refractivity contribution in [3.05, 3.63) is 29.8 Å². The molecule has 0 radical (unpaired) electrons. The third-order valence-electron chi connectivity index (χ3n) is 2.30. The largest absolute Gasteiger partial charge is 0.494 e. The molecule has 3 N–H and O–H groups in total. The summed E-state index contributed by atoms with van der Waals surface area (Å²) in [5.74, 6) is 0.602. The van der Waals surface area contributed by atoms with E-state index >= 15 is 0 Å². The first-order valence-corrected chi connectivity index (χ1v) is 5.91. The minimum Gasteiger partial charge on any atom is -0.494 e. The van der Waals surface area contributed by atoms with Gasteiger partial charge in [0.15, 0.2) is 0 Å². The second-order valence-electron chi connectivity index (χ2n) is 3.99. The molecule has 94 valence electrons. The second kappa shape index (κ2) is 6.91. The van der Waals surface area contributed by atoms with Crippen molar-refractivity contribution in [3.8, 4) is 5.75 Å². The average molecular weight is 236 g/mol. The summed E-state index contributed by atoms with van der Waals surface area (Å²) in [5.41, 5.74) is 6.05. The molecule has 0 bridgehead atoms. The van der Waals surface area contributed by atoms with Gasteiger partial charge in [0, 0.05) is 18.2 Å². The molecule has 0 saturated heterocycles. The minimum atomic E-state index is -0.120. The number of ether oxygens (including phenoxy) is 1. The maximum Gasteiger partial charge on any atom is 0.251 e. The van der Waals surface area contributed by atoms with Gasteiger partial charge in [0.1, 0.15) is 5.75 Å². The standard InChI is InChI=1S/C13H20N2O2/c1-3-7-17-12-6-4-5-11(8-12)13(16)15-10(2)9-14/h4-6,8,10H,3,7,9,14H2,1-2H3,(H,15,16)/t10-/m0/s1. The van der Waals surface area contributed by atoms with Gasteiger partial charge in [-0.25, -0.2) is 0 Å². The van der Waals surface area contributed by atoms with Crippen molar-refractivity contribution in [1.29, 1.82) is 0 Å². The Hall–Kier alpha value is -1.55. The van der Waals surface area contributed by atoms with Gasteiger partial charge in [-0.15, -0.1) is 0 Å². The van der Waals surface area contributed by atoms with E-state index < -0.39 is 0 Å². The van der Waals surface area contributed by atoms with Gasteiger partial charge in [-0.1, -0.05) is 13.0 Å². The second-order valence-corrected chi connectivity index (χ2v) is 3.99. The van der Waals surface area contributed by atoms with Gasteiger partial charge in [-0.05, 0) is 31.5 Å². The lowest BCUT2D eigenvalue weighted by Crippen LogP contribution is -2.37. The van der Waals surface area contributed by atoms with E-state index in [2.05, 4.69) is 5.32 Å². The van der Waals surface area contributed by atoms with E-state index in [9.17, 15) is 4.79 Å². The van der Waals surface area contributed by atoms with Crippen molar-refractivity contribution in [2.75, 3.05) is 13.2 Å². The summed E-state index contributed by atoms with van der Waals surface area (Å²) in [7, 11) is 0. The van der Waals surface area contributed by atoms with Crippen LogP contribution in [0.25, 0.3) is 0 Å². The summed E-state index contributed by atoms with van der Waals surface area (Å²) in [6, 6.07) is 7.14. The quantitative estimate of drug-likeness (QED) is 0.787. The molecule has 1 aromatic rings. The van der Waals surface area contributed by atoms with E-state index in [1.54, 1.807) is 12.1 Å². The van der Waals surface area contributed by atoms with E-state index in [4.69, 9.17) is 10.5 Å². The highest BCUT2D eigenvalue weighted by molar-refractivity contribution is 5.94. The predicted molar refractivity (Wildman–Crippen MR) is 68.2 cm³/mol. The van der Waals surface area contributed by atoms with E-state index in [-0.39, 0.29) is 11.9 Å². The Bertz CT molecular complexity index is 366. The average Bonchev–Trinajstić information content (AvgIpc) is 2.36. The van der Waals surface area contributed by atoms with Crippen LogP contribution in [-0.4, -0.2) is 25.1 Å². The van der Waals surface area contributed by atoms with Crippen LogP contribution in [0.15, 0.2) is 24.3 Å². The Morgan fingerprint density at radius 2 is 2.29 bits per heavy atom. The highest BCUT2D eigenvalue weighted by Crippen LogP contribution is 2.13. The van der Waals surface area contributed by atoms with Crippen LogP contribution in [0, 0.1) is 0 Å². The first kappa shape index (κ1) is 13.5. The van der Waals surface area contributed by atoms with Crippen molar-refractivity contribution < 1.29 is 9.53 Å². The molecule has 0 aromatic heterocycles. The highest BCUT2D eigenvalue weighted by atomic mass is 16.5. The number of hydrogen-bond acceptors (Lipinski definition) is 3. The van der Waals surface area contributed by atoms with Crippen LogP contribution in [-0.2, 0) is 0 Å². The van der Waals surface area contributed by atoms with Crippen LogP contribution in [0.3, 0.4) is 0 Å². The van der Waals surface area contributed by atoms with E-state index in [1.165, 1.54) is 0 Å². The van der Waals surface area contributed by atoms with Crippen LogP contribution < -0.4 is 15.8 Å². The smallest absolute Gasteiger partial charge is 0.251 e. The summed E-state index contributed by atoms with van der Waals surface area (Å²) in [6.45, 7) is 5.00.